The van der Waals surface area contributed by atoms with Crippen LogP contribution in [0.1, 0.15) is 62.7 Å². The summed E-state index contributed by atoms with van der Waals surface area (Å²) in [6.07, 6.45) is 7.90. The number of carbonyl (C=O) groups excluding carboxylic acids is 1. The van der Waals surface area contributed by atoms with Crippen molar-refractivity contribution in [3.8, 4) is 11.5 Å². The van der Waals surface area contributed by atoms with Crippen LogP contribution in [-0.2, 0) is 0 Å². The van der Waals surface area contributed by atoms with Gasteiger partial charge in [-0.3, -0.25) is 10.1 Å². The van der Waals surface area contributed by atoms with Gasteiger partial charge in [0.15, 0.2) is 5.11 Å². The van der Waals surface area contributed by atoms with Gasteiger partial charge in [0.1, 0.15) is 11.5 Å². The summed E-state index contributed by atoms with van der Waals surface area (Å²) in [6.45, 7) is 5.52. The van der Waals surface area contributed by atoms with Crippen molar-refractivity contribution in [3.05, 3.63) is 54.1 Å². The molecule has 0 aromatic heterocycles. The van der Waals surface area contributed by atoms with Gasteiger partial charge in [-0.25, -0.2) is 0 Å². The Hall–Kier alpha value is -2.60. The summed E-state index contributed by atoms with van der Waals surface area (Å²) < 4.78 is 11.6. The number of amides is 1. The van der Waals surface area contributed by atoms with Crippen molar-refractivity contribution >= 4 is 28.9 Å². The minimum Gasteiger partial charge on any atom is -0.494 e. The van der Waals surface area contributed by atoms with Gasteiger partial charge in [-0.2, -0.15) is 0 Å². The van der Waals surface area contributed by atoms with Gasteiger partial charge < -0.3 is 14.8 Å². The number of benzene rings is 2. The van der Waals surface area contributed by atoms with Crippen molar-refractivity contribution in [2.45, 2.75) is 52.4 Å². The Morgan fingerprint density at radius 1 is 1.03 bits per heavy atom. The fourth-order valence-corrected chi connectivity index (χ4v) is 3.99. The van der Waals surface area contributed by atoms with Gasteiger partial charge in [0.2, 0.25) is 0 Å². The minimum absolute atomic E-state index is 0.245. The van der Waals surface area contributed by atoms with E-state index in [-0.39, 0.29) is 11.0 Å². The van der Waals surface area contributed by atoms with Crippen LogP contribution in [0, 0.1) is 11.8 Å². The average molecular weight is 455 g/mol. The third kappa shape index (κ3) is 8.15. The summed E-state index contributed by atoms with van der Waals surface area (Å²) in [5, 5.41) is 6.01. The molecular formula is C26H34N2O3S. The molecule has 1 amide bonds. The number of rotatable bonds is 9. The van der Waals surface area contributed by atoms with E-state index in [4.69, 9.17) is 21.7 Å². The monoisotopic (exact) mass is 454 g/mol. The van der Waals surface area contributed by atoms with Gasteiger partial charge in [-0.1, -0.05) is 52.0 Å². The van der Waals surface area contributed by atoms with E-state index in [0.717, 1.165) is 30.4 Å². The van der Waals surface area contributed by atoms with Crippen molar-refractivity contribution in [2.24, 2.45) is 11.8 Å². The summed E-state index contributed by atoms with van der Waals surface area (Å²) in [7, 11) is 0. The summed E-state index contributed by atoms with van der Waals surface area (Å²) in [4.78, 5) is 12.5. The molecule has 1 saturated carbocycles. The zero-order valence-electron chi connectivity index (χ0n) is 19.1. The zero-order chi connectivity index (χ0) is 22.8. The number of hydrogen-bond acceptors (Lipinski definition) is 4. The number of ether oxygens (including phenoxy) is 2. The quantitative estimate of drug-likeness (QED) is 0.442. The highest BCUT2D eigenvalue weighted by atomic mass is 32.1. The molecule has 2 aromatic carbocycles. The molecule has 0 saturated heterocycles. The molecule has 1 aliphatic rings. The molecule has 172 valence electrons. The molecular weight excluding hydrogens is 420 g/mol. The first-order valence-corrected chi connectivity index (χ1v) is 12.0. The third-order valence-electron chi connectivity index (χ3n) is 5.54. The van der Waals surface area contributed by atoms with Crippen LogP contribution in [0.25, 0.3) is 0 Å². The van der Waals surface area contributed by atoms with Crippen LogP contribution in [0.3, 0.4) is 0 Å². The van der Waals surface area contributed by atoms with Crippen LogP contribution in [0.4, 0.5) is 5.69 Å². The second kappa shape index (κ2) is 12.4. The van der Waals surface area contributed by atoms with E-state index in [1.807, 2.05) is 30.3 Å². The molecule has 0 aliphatic heterocycles. The largest absolute Gasteiger partial charge is 0.494 e. The Kier molecular flexibility index (Phi) is 9.35. The van der Waals surface area contributed by atoms with Crippen LogP contribution in [0.15, 0.2) is 48.5 Å². The topological polar surface area (TPSA) is 59.6 Å². The average Bonchev–Trinajstić information content (AvgIpc) is 2.79. The van der Waals surface area contributed by atoms with Crippen LogP contribution in [-0.4, -0.2) is 24.2 Å². The molecule has 3 rings (SSSR count). The number of thiocarbonyl (C=S) groups is 1. The van der Waals surface area contributed by atoms with Crippen LogP contribution >= 0.6 is 12.2 Å². The molecule has 0 bridgehead atoms. The van der Waals surface area contributed by atoms with Crippen molar-refractivity contribution in [3.63, 3.8) is 0 Å². The molecule has 2 N–H and O–H groups in total. The maximum Gasteiger partial charge on any atom is 0.257 e. The van der Waals surface area contributed by atoms with Gasteiger partial charge in [0.25, 0.3) is 5.91 Å². The highest BCUT2D eigenvalue weighted by molar-refractivity contribution is 7.80. The SMILES string of the molecule is CC(C)COc1cccc(C(=O)NC(=S)Nc2ccc(OCCC3CCCCC3)cc2)c1. The summed E-state index contributed by atoms with van der Waals surface area (Å²) in [5.41, 5.74) is 1.29. The van der Waals surface area contributed by atoms with Gasteiger partial charge >= 0.3 is 0 Å². The molecule has 5 nitrogen and oxygen atoms in total. The highest BCUT2D eigenvalue weighted by Crippen LogP contribution is 2.26. The molecule has 0 radical (unpaired) electrons. The second-order valence-electron chi connectivity index (χ2n) is 8.81. The Morgan fingerprint density at radius 3 is 2.50 bits per heavy atom. The standard InChI is InChI=1S/C26H34N2O3S/c1-19(2)18-31-24-10-6-9-21(17-24)25(29)28-26(32)27-22-11-13-23(14-12-22)30-16-15-20-7-4-3-5-8-20/h6,9-14,17,19-20H,3-5,7-8,15-16,18H2,1-2H3,(H2,27,28,29,32). The van der Waals surface area contributed by atoms with E-state index in [2.05, 4.69) is 24.5 Å². The van der Waals surface area contributed by atoms with E-state index in [0.29, 0.717) is 23.8 Å². The fourth-order valence-electron chi connectivity index (χ4n) is 3.78. The first kappa shape index (κ1) is 24.1. The lowest BCUT2D eigenvalue weighted by atomic mass is 9.87. The Balaban J connectivity index is 1.43. The lowest BCUT2D eigenvalue weighted by Crippen LogP contribution is -2.34. The number of anilines is 1. The zero-order valence-corrected chi connectivity index (χ0v) is 19.9. The molecule has 6 heteroatoms. The minimum atomic E-state index is -0.278. The van der Waals surface area contributed by atoms with E-state index in [9.17, 15) is 4.79 Å². The Labute approximate surface area is 196 Å². The van der Waals surface area contributed by atoms with Gasteiger partial charge in [0.05, 0.1) is 13.2 Å². The Bertz CT molecular complexity index is 877. The van der Waals surface area contributed by atoms with Crippen molar-refractivity contribution in [2.75, 3.05) is 18.5 Å². The van der Waals surface area contributed by atoms with E-state index >= 15 is 0 Å². The number of nitrogens with one attached hydrogen (secondary N) is 2. The van der Waals surface area contributed by atoms with E-state index in [1.54, 1.807) is 18.2 Å². The smallest absolute Gasteiger partial charge is 0.257 e. The highest BCUT2D eigenvalue weighted by Gasteiger charge is 2.13. The lowest BCUT2D eigenvalue weighted by molar-refractivity contribution is 0.0977. The molecule has 1 fully saturated rings. The lowest BCUT2D eigenvalue weighted by Gasteiger charge is -2.21. The molecule has 32 heavy (non-hydrogen) atoms. The first-order valence-electron chi connectivity index (χ1n) is 11.6. The van der Waals surface area contributed by atoms with Crippen LogP contribution in [0.2, 0.25) is 0 Å². The van der Waals surface area contributed by atoms with Crippen molar-refractivity contribution in [1.82, 2.24) is 5.32 Å². The molecule has 1 aliphatic carbocycles. The van der Waals surface area contributed by atoms with Gasteiger partial charge in [-0.15, -0.1) is 0 Å². The van der Waals surface area contributed by atoms with Crippen LogP contribution in [0.5, 0.6) is 11.5 Å². The molecule has 0 heterocycles. The predicted octanol–water partition coefficient (Wildman–Crippen LogP) is 6.20. The molecule has 0 unspecified atom stereocenters. The summed E-state index contributed by atoms with van der Waals surface area (Å²) >= 11 is 5.30. The van der Waals surface area contributed by atoms with Gasteiger partial charge in [-0.05, 0) is 72.9 Å². The predicted molar refractivity (Wildman–Crippen MR) is 134 cm³/mol. The summed E-state index contributed by atoms with van der Waals surface area (Å²) in [5.74, 6) is 2.47. The maximum atomic E-state index is 12.5. The number of carbonyl (C=O) groups is 1. The summed E-state index contributed by atoms with van der Waals surface area (Å²) in [6, 6.07) is 14.7. The van der Waals surface area contributed by atoms with E-state index < -0.39 is 0 Å². The number of hydrogen-bond donors (Lipinski definition) is 2. The first-order chi connectivity index (χ1) is 15.5. The molecule has 0 spiro atoms. The molecule has 2 aromatic rings. The van der Waals surface area contributed by atoms with E-state index in [1.165, 1.54) is 32.1 Å². The fraction of sp³-hybridized carbons (Fsp3) is 0.462. The maximum absolute atomic E-state index is 12.5. The second-order valence-corrected chi connectivity index (χ2v) is 9.21. The molecule has 0 atom stereocenters. The van der Waals surface area contributed by atoms with Crippen molar-refractivity contribution < 1.29 is 14.3 Å². The Morgan fingerprint density at radius 2 is 1.78 bits per heavy atom. The van der Waals surface area contributed by atoms with Gasteiger partial charge in [0, 0.05) is 11.3 Å². The normalized spacial score (nSPS) is 14.1. The van der Waals surface area contributed by atoms with Crippen molar-refractivity contribution in [1.29, 1.82) is 0 Å². The third-order valence-corrected chi connectivity index (χ3v) is 5.74. The van der Waals surface area contributed by atoms with Crippen LogP contribution < -0.4 is 20.1 Å².